The van der Waals surface area contributed by atoms with Crippen LogP contribution in [0.2, 0.25) is 0 Å². The molecule has 308 valence electrons. The number of nitrogens with one attached hydrogen (secondary N) is 3. The number of anilines is 3. The van der Waals surface area contributed by atoms with Gasteiger partial charge in [-0.1, -0.05) is 43.5 Å². The Bertz CT molecular complexity index is 2380. The lowest BCUT2D eigenvalue weighted by atomic mass is 10.0. The number of hydrogen-bond acceptors (Lipinski definition) is 11. The third-order valence-corrected chi connectivity index (χ3v) is 11.3. The molecular weight excluding hydrogens is 757 g/mol. The van der Waals surface area contributed by atoms with Crippen LogP contribution in [0.3, 0.4) is 0 Å². The summed E-state index contributed by atoms with van der Waals surface area (Å²) in [4.78, 5) is 93.5. The second-order valence-corrected chi connectivity index (χ2v) is 15.4. The van der Waals surface area contributed by atoms with Crippen molar-refractivity contribution in [1.82, 2.24) is 15.1 Å². The maximum absolute atomic E-state index is 13.4. The van der Waals surface area contributed by atoms with Gasteiger partial charge in [0.05, 0.1) is 28.1 Å². The quantitative estimate of drug-likeness (QED) is 0.0874. The van der Waals surface area contributed by atoms with Crippen LogP contribution in [-0.2, 0) is 14.4 Å². The van der Waals surface area contributed by atoms with Crippen LogP contribution in [0.15, 0.2) is 69.9 Å². The van der Waals surface area contributed by atoms with E-state index in [9.17, 15) is 38.7 Å². The topological polar surface area (TPSA) is 199 Å². The molecule has 2 fully saturated rings. The summed E-state index contributed by atoms with van der Waals surface area (Å²) < 4.78 is 6.42. The molecule has 0 aliphatic carbocycles. The monoisotopic (exact) mass is 804 g/mol. The van der Waals surface area contributed by atoms with E-state index in [0.717, 1.165) is 48.1 Å². The van der Waals surface area contributed by atoms with Crippen molar-refractivity contribution in [3.05, 3.63) is 98.7 Å². The highest BCUT2D eigenvalue weighted by molar-refractivity contribution is 6.25. The van der Waals surface area contributed by atoms with E-state index in [1.165, 1.54) is 12.1 Å². The summed E-state index contributed by atoms with van der Waals surface area (Å²) in [6.07, 6.45) is 4.91. The number of fused-ring (bicyclic) bond motifs is 2. The highest BCUT2D eigenvalue weighted by Gasteiger charge is 2.45. The zero-order chi connectivity index (χ0) is 41.8. The molecule has 3 aliphatic rings. The van der Waals surface area contributed by atoms with Gasteiger partial charge in [-0.25, -0.2) is 4.79 Å². The summed E-state index contributed by atoms with van der Waals surface area (Å²) in [5, 5.41) is 18.9. The summed E-state index contributed by atoms with van der Waals surface area (Å²) in [6.45, 7) is 6.39. The molecule has 0 radical (unpaired) electrons. The van der Waals surface area contributed by atoms with E-state index in [1.54, 1.807) is 42.5 Å². The fourth-order valence-electron chi connectivity index (χ4n) is 8.16. The van der Waals surface area contributed by atoms with Crippen LogP contribution in [0.25, 0.3) is 11.0 Å². The summed E-state index contributed by atoms with van der Waals surface area (Å²) in [5.74, 6) is -2.66. The molecule has 3 aliphatic heterocycles. The lowest BCUT2D eigenvalue weighted by Crippen LogP contribution is -2.54. The van der Waals surface area contributed by atoms with Crippen molar-refractivity contribution in [1.29, 1.82) is 0 Å². The second kappa shape index (κ2) is 17.5. The van der Waals surface area contributed by atoms with E-state index >= 15 is 0 Å². The highest BCUT2D eigenvalue weighted by Crippen LogP contribution is 2.33. The number of unbranched alkanes of at least 4 members (excludes halogenated alkanes) is 4. The fourth-order valence-corrected chi connectivity index (χ4v) is 8.16. The van der Waals surface area contributed by atoms with E-state index < -0.39 is 35.6 Å². The van der Waals surface area contributed by atoms with Crippen molar-refractivity contribution < 1.29 is 38.3 Å². The number of nitrogens with zero attached hydrogens (tertiary/aromatic N) is 3. The van der Waals surface area contributed by atoms with Gasteiger partial charge in [-0.05, 0) is 69.0 Å². The molecule has 15 nitrogen and oxygen atoms in total. The number of carboxylic acid groups (broad SMARTS) is 1. The minimum atomic E-state index is -1.04. The van der Waals surface area contributed by atoms with Gasteiger partial charge in [-0.3, -0.25) is 39.0 Å². The average molecular weight is 805 g/mol. The smallest absolute Gasteiger partial charge is 0.337 e. The van der Waals surface area contributed by atoms with Gasteiger partial charge in [-0.15, -0.1) is 0 Å². The van der Waals surface area contributed by atoms with Crippen LogP contribution in [-0.4, -0.2) is 89.2 Å². The molecule has 4 N–H and O–H groups in total. The van der Waals surface area contributed by atoms with Crippen molar-refractivity contribution in [2.45, 2.75) is 77.3 Å². The normalized spacial score (nSPS) is 17.3. The van der Waals surface area contributed by atoms with Gasteiger partial charge in [0, 0.05) is 68.6 Å². The van der Waals surface area contributed by atoms with E-state index in [-0.39, 0.29) is 46.9 Å². The first-order valence-electron chi connectivity index (χ1n) is 20.2. The Balaban J connectivity index is 0.854. The standard InChI is InChI=1S/C44H48N6O9/c1-26-23-30(27(2)46-32-13-8-7-11-28(32)44(57)58)40-31(24-26)35(51)25-38(59-40)49-21-19-48(20-22-49)37(53)15-6-4-3-5-9-18-45-33-14-10-12-29-39(33)43(56)50(42(29)55)34-16-17-36(52)47-41(34)54/h7-8,10-14,23-25,27,34,45-46H,3-6,9,15-22H2,1-2H3,(H,57,58)(H,47,52,54)/t27-,34?/m1/s1. The van der Waals surface area contributed by atoms with Crippen LogP contribution < -0.4 is 26.3 Å². The number of piperidine rings is 1. The molecule has 15 heteroatoms. The summed E-state index contributed by atoms with van der Waals surface area (Å²) in [5.41, 5.74) is 3.50. The predicted molar refractivity (Wildman–Crippen MR) is 221 cm³/mol. The van der Waals surface area contributed by atoms with E-state index in [0.29, 0.717) is 67.4 Å². The Morgan fingerprint density at radius 2 is 1.61 bits per heavy atom. The van der Waals surface area contributed by atoms with Gasteiger partial charge in [0.15, 0.2) is 11.3 Å². The van der Waals surface area contributed by atoms with Gasteiger partial charge in [0.1, 0.15) is 11.6 Å². The third-order valence-electron chi connectivity index (χ3n) is 11.3. The minimum absolute atomic E-state index is 0.0624. The molecule has 0 spiro atoms. The molecule has 5 amide bonds. The number of carbonyl (C=O) groups is 6. The van der Waals surface area contributed by atoms with Crippen LogP contribution in [0.1, 0.15) is 107 Å². The lowest BCUT2D eigenvalue weighted by Gasteiger charge is -2.35. The highest BCUT2D eigenvalue weighted by atomic mass is 16.4. The van der Waals surface area contributed by atoms with E-state index in [4.69, 9.17) is 4.42 Å². The first-order valence-corrected chi connectivity index (χ1v) is 20.2. The number of aromatic carboxylic acids is 1. The first kappa shape index (κ1) is 40.7. The van der Waals surface area contributed by atoms with Crippen LogP contribution in [0.5, 0.6) is 0 Å². The molecule has 1 aromatic heterocycles. The summed E-state index contributed by atoms with van der Waals surface area (Å²) in [7, 11) is 0. The Hall–Kier alpha value is -6.51. The number of para-hydroxylation sites is 1. The second-order valence-electron chi connectivity index (χ2n) is 15.4. The van der Waals surface area contributed by atoms with Crippen molar-refractivity contribution in [3.8, 4) is 0 Å². The molecule has 4 heterocycles. The number of amides is 5. The number of benzene rings is 3. The average Bonchev–Trinajstić information content (AvgIpc) is 3.47. The third kappa shape index (κ3) is 8.69. The first-order chi connectivity index (χ1) is 28.4. The molecular formula is C44H48N6O9. The predicted octanol–water partition coefficient (Wildman–Crippen LogP) is 5.48. The van der Waals surface area contributed by atoms with E-state index in [2.05, 4.69) is 16.0 Å². The van der Waals surface area contributed by atoms with Crippen molar-refractivity contribution in [3.63, 3.8) is 0 Å². The van der Waals surface area contributed by atoms with E-state index in [1.807, 2.05) is 29.7 Å². The molecule has 2 saturated heterocycles. The van der Waals surface area contributed by atoms with Gasteiger partial charge >= 0.3 is 5.97 Å². The fraction of sp³-hybridized carbons (Fsp3) is 0.386. The van der Waals surface area contributed by atoms with Crippen molar-refractivity contribution in [2.75, 3.05) is 48.3 Å². The SMILES string of the molecule is Cc1cc([C@@H](C)Nc2ccccc2C(=O)O)c2oc(N3CCN(C(=O)CCCCCCCNc4cccc5c4C(=O)N(C4CCC(=O)NC4=O)C5=O)CC3)cc(=O)c2c1. The number of piperazine rings is 1. The molecule has 59 heavy (non-hydrogen) atoms. The van der Waals surface area contributed by atoms with Gasteiger partial charge in [0.25, 0.3) is 11.8 Å². The van der Waals surface area contributed by atoms with Gasteiger partial charge in [-0.2, -0.15) is 0 Å². The zero-order valence-electron chi connectivity index (χ0n) is 33.2. The number of aryl methyl sites for hydroxylation is 1. The number of imide groups is 2. The Morgan fingerprint density at radius 3 is 2.37 bits per heavy atom. The summed E-state index contributed by atoms with van der Waals surface area (Å²) >= 11 is 0. The van der Waals surface area contributed by atoms with Crippen molar-refractivity contribution in [2.24, 2.45) is 0 Å². The molecule has 3 aromatic carbocycles. The largest absolute Gasteiger partial charge is 0.478 e. The number of rotatable bonds is 15. The summed E-state index contributed by atoms with van der Waals surface area (Å²) in [6, 6.07) is 15.5. The van der Waals surface area contributed by atoms with Gasteiger partial charge in [0.2, 0.25) is 17.7 Å². The molecule has 4 aromatic rings. The maximum atomic E-state index is 13.4. The zero-order valence-corrected chi connectivity index (χ0v) is 33.2. The number of hydrogen-bond donors (Lipinski definition) is 4. The number of carbonyl (C=O) groups excluding carboxylic acids is 5. The minimum Gasteiger partial charge on any atom is -0.478 e. The van der Waals surface area contributed by atoms with Crippen LogP contribution in [0.4, 0.5) is 17.3 Å². The van der Waals surface area contributed by atoms with Crippen LogP contribution in [0, 0.1) is 6.92 Å². The number of carboxylic acids is 1. The molecule has 1 unspecified atom stereocenters. The maximum Gasteiger partial charge on any atom is 0.337 e. The van der Waals surface area contributed by atoms with Gasteiger partial charge < -0.3 is 30.0 Å². The van der Waals surface area contributed by atoms with Crippen LogP contribution >= 0.6 is 0 Å². The lowest BCUT2D eigenvalue weighted by molar-refractivity contribution is -0.136. The Kier molecular flexibility index (Phi) is 12.1. The molecule has 7 rings (SSSR count). The Labute approximate surface area is 340 Å². The molecule has 2 atom stereocenters. The Morgan fingerprint density at radius 1 is 0.881 bits per heavy atom. The van der Waals surface area contributed by atoms with Crippen molar-refractivity contribution >= 4 is 63.7 Å². The molecule has 0 bridgehead atoms. The molecule has 0 saturated carbocycles.